The number of fused-ring (bicyclic) bond motifs is 3. The number of ether oxygens (including phenoxy) is 2. The number of nitriles is 3. The molecule has 0 saturated carbocycles. The summed E-state index contributed by atoms with van der Waals surface area (Å²) in [5.41, 5.74) is -3.37. The Morgan fingerprint density at radius 3 is 2.21 bits per heavy atom. The summed E-state index contributed by atoms with van der Waals surface area (Å²) in [4.78, 5) is 0. The second-order valence-electron chi connectivity index (χ2n) is 6.17. The number of hydrogen-bond acceptors (Lipinski definition) is 6. The summed E-state index contributed by atoms with van der Waals surface area (Å²) < 4.78 is 24.6. The first-order chi connectivity index (χ1) is 11.3. The van der Waals surface area contributed by atoms with E-state index in [4.69, 9.17) is 14.9 Å². The maximum atomic E-state index is 13.2. The smallest absolute Gasteiger partial charge is 0.215 e. The van der Waals surface area contributed by atoms with Gasteiger partial charge in [-0.2, -0.15) is 15.8 Å². The molecule has 4 rings (SSSR count). The molecule has 6 nitrogen and oxygen atoms in total. The lowest BCUT2D eigenvalue weighted by atomic mass is 9.51. The van der Waals surface area contributed by atoms with Gasteiger partial charge in [-0.25, -0.2) is 4.39 Å². The molecule has 4 atom stereocenters. The highest BCUT2D eigenvalue weighted by atomic mass is 19.1. The summed E-state index contributed by atoms with van der Waals surface area (Å²) in [7, 11) is 0. The van der Waals surface area contributed by atoms with Crippen molar-refractivity contribution in [3.05, 3.63) is 35.6 Å². The zero-order valence-corrected chi connectivity index (χ0v) is 13.0. The van der Waals surface area contributed by atoms with Crippen LogP contribution in [-0.2, 0) is 9.47 Å². The zero-order chi connectivity index (χ0) is 17.8. The van der Waals surface area contributed by atoms with Crippen LogP contribution in [-0.4, -0.2) is 11.7 Å². The summed E-state index contributed by atoms with van der Waals surface area (Å²) in [6, 6.07) is 11.1. The molecule has 2 bridgehead atoms. The molecule has 120 valence electrons. The van der Waals surface area contributed by atoms with Crippen molar-refractivity contribution in [2.75, 3.05) is 0 Å². The van der Waals surface area contributed by atoms with Crippen LogP contribution in [0.3, 0.4) is 0 Å². The molecule has 3 fully saturated rings. The van der Waals surface area contributed by atoms with E-state index in [0.29, 0.717) is 5.56 Å². The lowest BCUT2D eigenvalue weighted by molar-refractivity contribution is -0.338. The van der Waals surface area contributed by atoms with Gasteiger partial charge < -0.3 is 9.47 Å². The van der Waals surface area contributed by atoms with Crippen molar-refractivity contribution in [3.63, 3.8) is 0 Å². The number of halogens is 1. The molecule has 3 aliphatic heterocycles. The van der Waals surface area contributed by atoms with Crippen LogP contribution in [0, 0.1) is 62.0 Å². The van der Waals surface area contributed by atoms with Gasteiger partial charge in [0.05, 0.1) is 24.1 Å². The summed E-state index contributed by atoms with van der Waals surface area (Å²) in [6.07, 6.45) is -1.09. The number of hydrogen-bond donors (Lipinski definition) is 1. The molecule has 0 aromatic heterocycles. The summed E-state index contributed by atoms with van der Waals surface area (Å²) in [5.74, 6) is -3.14. The zero-order valence-electron chi connectivity index (χ0n) is 13.0. The average molecular weight is 324 g/mol. The van der Waals surface area contributed by atoms with Crippen molar-refractivity contribution < 1.29 is 13.9 Å². The predicted octanol–water partition coefficient (Wildman–Crippen LogP) is 2.80. The fourth-order valence-electron chi connectivity index (χ4n) is 3.61. The third-order valence-electron chi connectivity index (χ3n) is 5.17. The molecule has 3 aliphatic rings. The van der Waals surface area contributed by atoms with E-state index >= 15 is 0 Å². The van der Waals surface area contributed by atoms with Crippen molar-refractivity contribution in [1.82, 2.24) is 0 Å². The van der Waals surface area contributed by atoms with Crippen LogP contribution in [0.15, 0.2) is 24.3 Å². The van der Waals surface area contributed by atoms with E-state index in [-0.39, 0.29) is 0 Å². The van der Waals surface area contributed by atoms with Crippen LogP contribution >= 0.6 is 0 Å². The van der Waals surface area contributed by atoms with Crippen molar-refractivity contribution in [2.45, 2.75) is 25.7 Å². The van der Waals surface area contributed by atoms with E-state index in [0.717, 1.165) is 0 Å². The number of rotatable bonds is 1. The van der Waals surface area contributed by atoms with E-state index in [2.05, 4.69) is 0 Å². The molecule has 3 saturated heterocycles. The van der Waals surface area contributed by atoms with E-state index in [1.54, 1.807) is 6.92 Å². The third kappa shape index (κ3) is 1.56. The van der Waals surface area contributed by atoms with E-state index in [1.165, 1.54) is 31.2 Å². The fourth-order valence-corrected chi connectivity index (χ4v) is 3.61. The van der Waals surface area contributed by atoms with Crippen molar-refractivity contribution in [3.8, 4) is 18.2 Å². The van der Waals surface area contributed by atoms with Gasteiger partial charge in [0.25, 0.3) is 0 Å². The molecule has 0 spiro atoms. The Hall–Kier alpha value is -2.95. The molecule has 3 heterocycles. The molecular formula is C17H13FN4O2. The lowest BCUT2D eigenvalue weighted by Crippen LogP contribution is -2.71. The maximum Gasteiger partial charge on any atom is 0.215 e. The van der Waals surface area contributed by atoms with Crippen LogP contribution in [0.5, 0.6) is 0 Å². The minimum atomic E-state index is -1.94. The molecule has 1 N–H and O–H groups in total. The Morgan fingerprint density at radius 1 is 1.12 bits per heavy atom. The van der Waals surface area contributed by atoms with Crippen LogP contribution in [0.25, 0.3) is 0 Å². The molecule has 0 aliphatic carbocycles. The van der Waals surface area contributed by atoms with Gasteiger partial charge in [0, 0.05) is 6.92 Å². The SMILES string of the molecule is C[C@@H]1C(C#N)(C#N)[C@@]2(C#N)C(=N)O[C@@]1(C)O[C@H]2c1ccc(F)cc1. The van der Waals surface area contributed by atoms with Gasteiger partial charge in [0.2, 0.25) is 11.7 Å². The Kier molecular flexibility index (Phi) is 3.17. The van der Waals surface area contributed by atoms with Gasteiger partial charge in [0.15, 0.2) is 10.8 Å². The van der Waals surface area contributed by atoms with Gasteiger partial charge in [-0.15, -0.1) is 0 Å². The summed E-state index contributed by atoms with van der Waals surface area (Å²) in [5, 5.41) is 37.7. The van der Waals surface area contributed by atoms with Crippen LogP contribution in [0.4, 0.5) is 4.39 Å². The Labute approximate surface area is 138 Å². The lowest BCUT2D eigenvalue weighted by Gasteiger charge is -2.60. The first-order valence-electron chi connectivity index (χ1n) is 7.26. The number of benzene rings is 1. The molecule has 1 aromatic carbocycles. The molecule has 0 amide bonds. The normalized spacial score (nSPS) is 36.1. The third-order valence-corrected chi connectivity index (χ3v) is 5.17. The van der Waals surface area contributed by atoms with Crippen LogP contribution in [0.1, 0.15) is 25.5 Å². The van der Waals surface area contributed by atoms with Gasteiger partial charge in [-0.05, 0) is 17.7 Å². The fraction of sp³-hybridized carbons (Fsp3) is 0.412. The summed E-state index contributed by atoms with van der Waals surface area (Å²) in [6.45, 7) is 3.12. The standard InChI is InChI=1S/C17H13FN4O2/c1-10-15(2)23-13(11-3-5-12(18)6-4-11)17(9-21,14(22)24-15)16(10,7-19)8-20/h3-6,10,13,22H,1-2H3/t10-,13-,15+,17+/m0/s1. The van der Waals surface area contributed by atoms with Crippen molar-refractivity contribution in [2.24, 2.45) is 16.7 Å². The van der Waals surface area contributed by atoms with Crippen LogP contribution in [0.2, 0.25) is 0 Å². The molecule has 1 aromatic rings. The van der Waals surface area contributed by atoms with Gasteiger partial charge in [-0.3, -0.25) is 5.41 Å². The highest BCUT2D eigenvalue weighted by molar-refractivity contribution is 5.88. The molecule has 0 radical (unpaired) electrons. The van der Waals surface area contributed by atoms with E-state index in [9.17, 15) is 20.2 Å². The Morgan fingerprint density at radius 2 is 1.71 bits per heavy atom. The average Bonchev–Trinajstić information content (AvgIpc) is 2.57. The Balaban J connectivity index is 2.32. The monoisotopic (exact) mass is 324 g/mol. The largest absolute Gasteiger partial charge is 0.448 e. The molecular weight excluding hydrogens is 311 g/mol. The number of nitrogens with zero attached hydrogens (tertiary/aromatic N) is 3. The quantitative estimate of drug-likeness (QED) is 0.853. The van der Waals surface area contributed by atoms with E-state index in [1.807, 2.05) is 18.2 Å². The maximum absolute atomic E-state index is 13.2. The van der Waals surface area contributed by atoms with Gasteiger partial charge in [-0.1, -0.05) is 19.1 Å². The highest BCUT2D eigenvalue weighted by Gasteiger charge is 2.77. The van der Waals surface area contributed by atoms with Gasteiger partial charge in [0.1, 0.15) is 11.9 Å². The first kappa shape index (κ1) is 15.9. The van der Waals surface area contributed by atoms with E-state index < -0.39 is 40.4 Å². The topological polar surface area (TPSA) is 114 Å². The van der Waals surface area contributed by atoms with Gasteiger partial charge >= 0.3 is 0 Å². The minimum absolute atomic E-state index is 0.402. The predicted molar refractivity (Wildman–Crippen MR) is 78.3 cm³/mol. The highest BCUT2D eigenvalue weighted by Crippen LogP contribution is 2.66. The van der Waals surface area contributed by atoms with Crippen molar-refractivity contribution >= 4 is 5.90 Å². The molecule has 24 heavy (non-hydrogen) atoms. The summed E-state index contributed by atoms with van der Waals surface area (Å²) >= 11 is 0. The molecule has 7 heteroatoms. The van der Waals surface area contributed by atoms with Crippen molar-refractivity contribution in [1.29, 1.82) is 21.2 Å². The minimum Gasteiger partial charge on any atom is -0.448 e. The second kappa shape index (κ2) is 4.77. The van der Waals surface area contributed by atoms with Crippen LogP contribution < -0.4 is 0 Å². The second-order valence-corrected chi connectivity index (χ2v) is 6.17. The number of nitrogens with one attached hydrogen (secondary N) is 1. The Bertz CT molecular complexity index is 833. The molecule has 0 unspecified atom stereocenters. The first-order valence-corrected chi connectivity index (χ1v) is 7.26.